The monoisotopic (exact) mass is 431 g/mol. The molecule has 3 nitrogen and oxygen atoms in total. The van der Waals surface area contributed by atoms with Gasteiger partial charge in [-0.1, -0.05) is 0 Å². The van der Waals surface area contributed by atoms with E-state index in [1.165, 1.54) is 12.1 Å². The zero-order valence-electron chi connectivity index (χ0n) is 14.7. The molecule has 3 aromatic rings. The molecule has 0 spiro atoms. The molecule has 140 valence electrons. The molecule has 1 N–H and O–H groups in total. The van der Waals surface area contributed by atoms with Crippen molar-refractivity contribution in [3.63, 3.8) is 0 Å². The Balaban J connectivity index is 1.85. The number of aliphatic hydroxyl groups excluding tert-OH is 1. The van der Waals surface area contributed by atoms with Crippen LogP contribution in [-0.2, 0) is 6.42 Å². The molecule has 0 aliphatic rings. The molecule has 27 heavy (non-hydrogen) atoms. The van der Waals surface area contributed by atoms with Crippen molar-refractivity contribution in [3.05, 3.63) is 84.2 Å². The first-order chi connectivity index (χ1) is 13.2. The number of aryl methyl sites for hydroxylation is 1. The predicted molar refractivity (Wildman–Crippen MR) is 103 cm³/mol. The van der Waals surface area contributed by atoms with E-state index in [0.717, 1.165) is 17.2 Å². The van der Waals surface area contributed by atoms with Gasteiger partial charge in [0.05, 0.1) is 0 Å². The molecule has 0 saturated heterocycles. The van der Waals surface area contributed by atoms with Gasteiger partial charge in [0.15, 0.2) is 0 Å². The van der Waals surface area contributed by atoms with Gasteiger partial charge in [0.25, 0.3) is 0 Å². The average molecular weight is 431 g/mol. The summed E-state index contributed by atoms with van der Waals surface area (Å²) in [7, 11) is 0. The van der Waals surface area contributed by atoms with Gasteiger partial charge < -0.3 is 0 Å². The Labute approximate surface area is 161 Å². The van der Waals surface area contributed by atoms with E-state index in [0.29, 0.717) is 15.3 Å². The molecule has 1 aromatic heterocycles. The van der Waals surface area contributed by atoms with Gasteiger partial charge in [-0.15, -0.1) is 0 Å². The van der Waals surface area contributed by atoms with Crippen LogP contribution in [0, 0.1) is 11.6 Å². The van der Waals surface area contributed by atoms with Crippen LogP contribution in [0.4, 0.5) is 8.78 Å². The normalized spacial score (nSPS) is 12.0. The fraction of sp³-hybridized carbons (Fsp3) is 0.190. The topological polar surface area (TPSA) is 42.4 Å². The maximum atomic E-state index is 15.1. The van der Waals surface area contributed by atoms with Crippen molar-refractivity contribution >= 4 is 19.0 Å². The Morgan fingerprint density at radius 1 is 0.926 bits per heavy atom. The quantitative estimate of drug-likeness (QED) is 0.547. The fourth-order valence-corrected chi connectivity index (χ4v) is 7.24. The third-order valence-electron chi connectivity index (χ3n) is 4.12. The molecule has 1 heterocycles. The van der Waals surface area contributed by atoms with E-state index in [2.05, 4.69) is 4.98 Å². The second-order valence-corrected chi connectivity index (χ2v) is 11.1. The Kier molecular flexibility index (Phi) is 6.97. The number of para-hydroxylation sites is 1. The predicted octanol–water partition coefficient (Wildman–Crippen LogP) is 4.09. The zero-order chi connectivity index (χ0) is 19.1. The molecule has 0 aliphatic heterocycles. The summed E-state index contributed by atoms with van der Waals surface area (Å²) in [6.07, 6.45) is 4.22. The molecule has 3 rings (SSSR count). The molecular weight excluding hydrogens is 411 g/mol. The van der Waals surface area contributed by atoms with Gasteiger partial charge in [-0.25, -0.2) is 0 Å². The summed E-state index contributed by atoms with van der Waals surface area (Å²) in [5.41, 5.74) is 1.12. The second-order valence-electron chi connectivity index (χ2n) is 5.94. The molecule has 2 aromatic carbocycles. The first kappa shape index (κ1) is 19.5. The number of rotatable bonds is 8. The Bertz CT molecular complexity index is 863. The number of aliphatic hydroxyl groups is 1. The summed E-state index contributed by atoms with van der Waals surface area (Å²) in [6, 6.07) is 15.2. The Morgan fingerprint density at radius 2 is 1.67 bits per heavy atom. The van der Waals surface area contributed by atoms with Gasteiger partial charge in [-0.05, 0) is 0 Å². The minimum absolute atomic E-state index is 0.0119. The maximum absolute atomic E-state index is 15.1. The number of halogens is 2. The summed E-state index contributed by atoms with van der Waals surface area (Å²) >= 11 is -1.93. The molecule has 0 saturated carbocycles. The van der Waals surface area contributed by atoms with E-state index in [9.17, 15) is 9.50 Å². The van der Waals surface area contributed by atoms with Crippen LogP contribution in [0.2, 0.25) is 10.4 Å². The summed E-state index contributed by atoms with van der Waals surface area (Å²) in [5, 5.41) is 10.7. The molecule has 0 aliphatic carbocycles. The van der Waals surface area contributed by atoms with Crippen LogP contribution < -0.4 is 9.09 Å². The molecule has 1 atom stereocenters. The average Bonchev–Trinajstić information content (AvgIpc) is 2.70. The first-order valence-corrected chi connectivity index (χ1v) is 12.2. The van der Waals surface area contributed by atoms with E-state index in [4.69, 9.17) is 4.74 Å². The third-order valence-corrected chi connectivity index (χ3v) is 9.43. The zero-order valence-corrected chi connectivity index (χ0v) is 16.6. The standard InChI is InChI=1S/C21H20AsF2NO2/c23-19-7-6-18(20(24)21(19)27-17-4-2-1-3-5-17)22(12-15-26)11-8-16-9-13-25-14-10-16/h1-7,9-10,13-14,26H,8,11-12,15H2. The molecule has 0 radical (unpaired) electrons. The van der Waals surface area contributed by atoms with Crippen molar-refractivity contribution in [3.8, 4) is 11.5 Å². The third kappa shape index (κ3) is 5.15. The summed E-state index contributed by atoms with van der Waals surface area (Å²) < 4.78 is 35.3. The molecule has 6 heteroatoms. The van der Waals surface area contributed by atoms with Crippen LogP contribution in [0.25, 0.3) is 0 Å². The van der Waals surface area contributed by atoms with Crippen LogP contribution in [-0.4, -0.2) is 31.3 Å². The summed E-state index contributed by atoms with van der Waals surface area (Å²) in [6.45, 7) is -0.0119. The van der Waals surface area contributed by atoms with Crippen LogP contribution >= 0.6 is 0 Å². The molecule has 0 fully saturated rings. The first-order valence-electron chi connectivity index (χ1n) is 8.64. The number of aromatic nitrogens is 1. The second kappa shape index (κ2) is 9.63. The Morgan fingerprint density at radius 3 is 2.37 bits per heavy atom. The van der Waals surface area contributed by atoms with Gasteiger partial charge in [0.1, 0.15) is 0 Å². The SMILES string of the molecule is OCC[As](CCc1ccncc1)c1ccc(F)c(Oc2ccccc2)c1F. The van der Waals surface area contributed by atoms with Crippen molar-refractivity contribution in [1.82, 2.24) is 4.98 Å². The fourth-order valence-electron chi connectivity index (χ4n) is 2.75. The molecular formula is C21H20AsF2NO2. The number of nitrogens with zero attached hydrogens (tertiary/aromatic N) is 1. The van der Waals surface area contributed by atoms with E-state index >= 15 is 4.39 Å². The van der Waals surface area contributed by atoms with E-state index < -0.39 is 26.3 Å². The number of hydrogen-bond donors (Lipinski definition) is 1. The van der Waals surface area contributed by atoms with Crippen LogP contribution in [0.5, 0.6) is 11.5 Å². The van der Waals surface area contributed by atoms with Crippen molar-refractivity contribution in [2.24, 2.45) is 0 Å². The molecule has 0 amide bonds. The van der Waals surface area contributed by atoms with Gasteiger partial charge >= 0.3 is 162 Å². The van der Waals surface area contributed by atoms with E-state index in [-0.39, 0.29) is 12.4 Å². The van der Waals surface area contributed by atoms with Crippen molar-refractivity contribution < 1.29 is 18.6 Å². The summed E-state index contributed by atoms with van der Waals surface area (Å²) in [5.74, 6) is -1.38. The van der Waals surface area contributed by atoms with Crippen LogP contribution in [0.3, 0.4) is 0 Å². The van der Waals surface area contributed by atoms with E-state index in [1.807, 2.05) is 12.1 Å². The molecule has 0 bridgehead atoms. The van der Waals surface area contributed by atoms with Crippen molar-refractivity contribution in [1.29, 1.82) is 0 Å². The van der Waals surface area contributed by atoms with Gasteiger partial charge in [-0.2, -0.15) is 0 Å². The summed E-state index contributed by atoms with van der Waals surface area (Å²) in [4.78, 5) is 4.00. The molecule has 1 unspecified atom stereocenters. The number of benzene rings is 2. The van der Waals surface area contributed by atoms with Gasteiger partial charge in [0, 0.05) is 0 Å². The minimum atomic E-state index is -1.93. The van der Waals surface area contributed by atoms with Gasteiger partial charge in [0.2, 0.25) is 0 Å². The van der Waals surface area contributed by atoms with Gasteiger partial charge in [-0.3, -0.25) is 0 Å². The van der Waals surface area contributed by atoms with E-state index in [1.54, 1.807) is 42.7 Å². The van der Waals surface area contributed by atoms with Crippen LogP contribution in [0.15, 0.2) is 67.0 Å². The van der Waals surface area contributed by atoms with Crippen molar-refractivity contribution in [2.75, 3.05) is 6.61 Å². The van der Waals surface area contributed by atoms with Crippen molar-refractivity contribution in [2.45, 2.75) is 16.8 Å². The number of ether oxygens (including phenoxy) is 1. The Hall–Kier alpha value is -2.23. The van der Waals surface area contributed by atoms with Crippen LogP contribution in [0.1, 0.15) is 5.56 Å². The number of hydrogen-bond acceptors (Lipinski definition) is 3. The number of pyridine rings is 1.